The maximum atomic E-state index is 13.9. The van der Waals surface area contributed by atoms with Gasteiger partial charge in [0.15, 0.2) is 0 Å². The van der Waals surface area contributed by atoms with E-state index >= 15 is 0 Å². The largest absolute Gasteiger partial charge is 0.497 e. The quantitative estimate of drug-likeness (QED) is 0.345. The maximum absolute atomic E-state index is 13.9. The molecule has 1 amide bonds. The first-order chi connectivity index (χ1) is 18.5. The van der Waals surface area contributed by atoms with Crippen LogP contribution in [-0.4, -0.2) is 74.8 Å². The molecule has 0 radical (unpaired) electrons. The van der Waals surface area contributed by atoms with Crippen LogP contribution in [0, 0.1) is 0 Å². The fourth-order valence-electron chi connectivity index (χ4n) is 4.73. The molecule has 12 heteroatoms. The van der Waals surface area contributed by atoms with E-state index in [4.69, 9.17) is 9.47 Å². The first-order valence-corrected chi connectivity index (χ1v) is 15.1. The average molecular weight is 572 g/mol. The van der Waals surface area contributed by atoms with Gasteiger partial charge in [0.05, 0.1) is 12.8 Å². The third-order valence-electron chi connectivity index (χ3n) is 6.60. The topological polar surface area (TPSA) is 108 Å². The van der Waals surface area contributed by atoms with Crippen LogP contribution in [0.4, 0.5) is 16.3 Å². The van der Waals surface area contributed by atoms with Crippen LogP contribution >= 0.6 is 11.3 Å². The molecule has 1 N–H and O–H groups in total. The van der Waals surface area contributed by atoms with Crippen molar-refractivity contribution >= 4 is 59.9 Å². The fourth-order valence-corrected chi connectivity index (χ4v) is 7.71. The Hall–Kier alpha value is -3.51. The van der Waals surface area contributed by atoms with E-state index in [2.05, 4.69) is 14.9 Å². The number of rotatable bonds is 6. The Morgan fingerprint density at radius 3 is 2.54 bits per heavy atom. The van der Waals surface area contributed by atoms with Gasteiger partial charge >= 0.3 is 6.09 Å². The van der Waals surface area contributed by atoms with E-state index in [1.54, 1.807) is 30.5 Å². The number of carbonyl (C=O) groups is 1. The van der Waals surface area contributed by atoms with Gasteiger partial charge in [-0.25, -0.2) is 18.2 Å². The smallest absolute Gasteiger partial charge is 0.410 e. The van der Waals surface area contributed by atoms with Gasteiger partial charge in [0, 0.05) is 66.1 Å². The van der Waals surface area contributed by atoms with Crippen LogP contribution in [0.5, 0.6) is 5.75 Å². The van der Waals surface area contributed by atoms with Gasteiger partial charge in [-0.05, 0) is 58.0 Å². The van der Waals surface area contributed by atoms with Crippen molar-refractivity contribution in [3.63, 3.8) is 0 Å². The number of nitrogens with one attached hydrogen (secondary N) is 1. The first kappa shape index (κ1) is 27.1. The SMILES string of the molecule is CCN(c1c[nH]c2ccc(OC)cc12)S(=O)(=O)c1cc2c(N3CCN(C(=O)OC(C)(C)C)CC3)nccc2s1. The van der Waals surface area contributed by atoms with E-state index in [1.165, 1.54) is 15.6 Å². The van der Waals surface area contributed by atoms with Crippen molar-refractivity contribution in [2.24, 2.45) is 0 Å². The molecule has 4 heterocycles. The van der Waals surface area contributed by atoms with Crippen molar-refractivity contribution in [2.45, 2.75) is 37.5 Å². The molecular weight excluding hydrogens is 538 g/mol. The summed E-state index contributed by atoms with van der Waals surface area (Å²) in [6.07, 6.45) is 3.09. The molecule has 0 spiro atoms. The monoisotopic (exact) mass is 571 g/mol. The summed E-state index contributed by atoms with van der Waals surface area (Å²) in [7, 11) is -2.27. The summed E-state index contributed by atoms with van der Waals surface area (Å²) >= 11 is 1.23. The lowest BCUT2D eigenvalue weighted by Crippen LogP contribution is -2.50. The highest BCUT2D eigenvalue weighted by atomic mass is 32.2. The van der Waals surface area contributed by atoms with E-state index in [0.29, 0.717) is 43.4 Å². The van der Waals surface area contributed by atoms with Crippen molar-refractivity contribution in [3.8, 4) is 5.75 Å². The number of pyridine rings is 1. The number of fused-ring (bicyclic) bond motifs is 2. The third kappa shape index (κ3) is 5.22. The van der Waals surface area contributed by atoms with E-state index in [1.807, 2.05) is 52.0 Å². The molecule has 1 aliphatic rings. The van der Waals surface area contributed by atoms with Gasteiger partial charge < -0.3 is 24.3 Å². The Morgan fingerprint density at radius 2 is 1.87 bits per heavy atom. The van der Waals surface area contributed by atoms with Crippen LogP contribution < -0.4 is 13.9 Å². The van der Waals surface area contributed by atoms with Gasteiger partial charge in [0.2, 0.25) is 0 Å². The van der Waals surface area contributed by atoms with Crippen LogP contribution in [0.2, 0.25) is 0 Å². The van der Waals surface area contributed by atoms with Crippen LogP contribution in [0.3, 0.4) is 0 Å². The summed E-state index contributed by atoms with van der Waals surface area (Å²) in [6.45, 7) is 9.77. The Labute approximate surface area is 232 Å². The number of anilines is 2. The molecule has 1 saturated heterocycles. The first-order valence-electron chi connectivity index (χ1n) is 12.8. The number of methoxy groups -OCH3 is 1. The number of H-pyrrole nitrogens is 1. The zero-order valence-corrected chi connectivity index (χ0v) is 24.4. The zero-order valence-electron chi connectivity index (χ0n) is 22.7. The molecule has 0 saturated carbocycles. The number of hydrogen-bond acceptors (Lipinski definition) is 8. The zero-order chi connectivity index (χ0) is 27.9. The highest BCUT2D eigenvalue weighted by Gasteiger charge is 2.30. The molecule has 10 nitrogen and oxygen atoms in total. The predicted molar refractivity (Wildman–Crippen MR) is 155 cm³/mol. The standard InChI is InChI=1S/C27H33N5O5S2/c1-6-32(22-17-29-21-8-7-18(36-5)15-19(21)22)39(34,35)24-16-20-23(38-24)9-10-28-25(20)30-11-13-31(14-12-30)26(33)37-27(2,3)4/h7-10,15-17,29H,6,11-14H2,1-5H3. The number of benzene rings is 1. The highest BCUT2D eigenvalue weighted by molar-refractivity contribution is 7.95. The van der Waals surface area contributed by atoms with E-state index in [0.717, 1.165) is 21.0 Å². The second-order valence-corrected chi connectivity index (χ2v) is 13.5. The third-order valence-corrected chi connectivity index (χ3v) is 10.0. The molecule has 1 fully saturated rings. The Morgan fingerprint density at radius 1 is 1.13 bits per heavy atom. The Bertz CT molecular complexity index is 1610. The van der Waals surface area contributed by atoms with Gasteiger partial charge in [0.1, 0.15) is 21.4 Å². The van der Waals surface area contributed by atoms with Crippen molar-refractivity contribution in [3.05, 3.63) is 42.7 Å². The van der Waals surface area contributed by atoms with Crippen molar-refractivity contribution in [1.82, 2.24) is 14.9 Å². The van der Waals surface area contributed by atoms with Crippen molar-refractivity contribution < 1.29 is 22.7 Å². The van der Waals surface area contributed by atoms with Gasteiger partial charge in [-0.3, -0.25) is 4.31 Å². The van der Waals surface area contributed by atoms with E-state index in [-0.39, 0.29) is 16.8 Å². The lowest BCUT2D eigenvalue weighted by Gasteiger charge is -2.36. The number of sulfonamides is 1. The van der Waals surface area contributed by atoms with Gasteiger partial charge in [-0.15, -0.1) is 11.3 Å². The van der Waals surface area contributed by atoms with Crippen molar-refractivity contribution in [1.29, 1.82) is 0 Å². The fraction of sp³-hybridized carbons (Fsp3) is 0.407. The molecular formula is C27H33N5O5S2. The summed E-state index contributed by atoms with van der Waals surface area (Å²) in [6, 6.07) is 9.10. The van der Waals surface area contributed by atoms with E-state index in [9.17, 15) is 13.2 Å². The summed E-state index contributed by atoms with van der Waals surface area (Å²) in [5.74, 6) is 1.37. The minimum absolute atomic E-state index is 0.248. The number of amides is 1. The second-order valence-electron chi connectivity index (χ2n) is 10.3. The number of piperazine rings is 1. The summed E-state index contributed by atoms with van der Waals surface area (Å²) in [5.41, 5.74) is 0.846. The van der Waals surface area contributed by atoms with Gasteiger partial charge in [-0.1, -0.05) is 0 Å². The van der Waals surface area contributed by atoms with Crippen LogP contribution in [0.25, 0.3) is 21.0 Å². The van der Waals surface area contributed by atoms with Gasteiger partial charge in [0.25, 0.3) is 10.0 Å². The molecule has 3 aromatic heterocycles. The molecule has 0 atom stereocenters. The van der Waals surface area contributed by atoms with Crippen LogP contribution in [-0.2, 0) is 14.8 Å². The summed E-state index contributed by atoms with van der Waals surface area (Å²) < 4.78 is 41.3. The average Bonchev–Trinajstić information content (AvgIpc) is 3.53. The number of nitrogens with zero attached hydrogens (tertiary/aromatic N) is 4. The number of hydrogen-bond donors (Lipinski definition) is 1. The molecule has 208 valence electrons. The Kier molecular flexibility index (Phi) is 7.10. The van der Waals surface area contributed by atoms with Gasteiger partial charge in [-0.2, -0.15) is 0 Å². The highest BCUT2D eigenvalue weighted by Crippen LogP contribution is 2.39. The van der Waals surface area contributed by atoms with Crippen LogP contribution in [0.15, 0.2) is 46.9 Å². The number of ether oxygens (including phenoxy) is 2. The molecule has 0 unspecified atom stereocenters. The van der Waals surface area contributed by atoms with E-state index < -0.39 is 15.6 Å². The maximum Gasteiger partial charge on any atom is 0.410 e. The molecule has 4 aromatic rings. The summed E-state index contributed by atoms with van der Waals surface area (Å²) in [5, 5.41) is 1.55. The number of thiophene rings is 1. The lowest BCUT2D eigenvalue weighted by molar-refractivity contribution is 0.0240. The lowest BCUT2D eigenvalue weighted by atomic mass is 10.2. The van der Waals surface area contributed by atoms with Crippen LogP contribution in [0.1, 0.15) is 27.7 Å². The molecule has 0 bridgehead atoms. The molecule has 5 rings (SSSR count). The second kappa shape index (κ2) is 10.2. The minimum Gasteiger partial charge on any atom is -0.497 e. The molecule has 1 aliphatic heterocycles. The normalized spacial score (nSPS) is 14.7. The number of aromatic amines is 1. The molecule has 0 aliphatic carbocycles. The predicted octanol–water partition coefficient (Wildman–Crippen LogP) is 5.06. The molecule has 39 heavy (non-hydrogen) atoms. The Balaban J connectivity index is 1.43. The molecule has 1 aromatic carbocycles. The minimum atomic E-state index is -3.86. The van der Waals surface area contributed by atoms with Crippen molar-refractivity contribution in [2.75, 3.05) is 49.0 Å². The number of carbonyl (C=O) groups excluding carboxylic acids is 1. The number of aromatic nitrogens is 2. The summed E-state index contributed by atoms with van der Waals surface area (Å²) in [4.78, 5) is 24.0.